The van der Waals surface area contributed by atoms with Crippen LogP contribution in [0.25, 0.3) is 5.57 Å². The summed E-state index contributed by atoms with van der Waals surface area (Å²) >= 11 is 7.33. The van der Waals surface area contributed by atoms with E-state index < -0.39 is 10.0 Å². The number of hydrogen-bond acceptors (Lipinski definition) is 6. The molecule has 176 valence electrons. The number of rotatable bonds is 3. The molecule has 2 aromatic carbocycles. The summed E-state index contributed by atoms with van der Waals surface area (Å²) in [5.41, 5.74) is 1.98. The Labute approximate surface area is 206 Å². The number of anilines is 1. The molecule has 3 aliphatic rings. The molecule has 3 N–H and O–H groups in total. The fourth-order valence-electron chi connectivity index (χ4n) is 4.46. The minimum atomic E-state index is -3.82. The van der Waals surface area contributed by atoms with Gasteiger partial charge in [0.15, 0.2) is 5.17 Å². The van der Waals surface area contributed by atoms with Gasteiger partial charge in [0.2, 0.25) is 10.0 Å². The summed E-state index contributed by atoms with van der Waals surface area (Å²) in [5.74, 6) is -0.606. The van der Waals surface area contributed by atoms with Gasteiger partial charge in [-0.15, -0.1) is 0 Å². The maximum absolute atomic E-state index is 13.7. The van der Waals surface area contributed by atoms with E-state index >= 15 is 0 Å². The number of hydrogen-bond donors (Lipinski definition) is 2. The standard InChI is InChI=1S/C23H21ClN4O4S2/c24-13-6-11-18-17(12-13)19(21(29)27-18)20-22(30)28(15-4-2-1-3-5-15)23(33-20)26-14-7-9-16(10-8-14)34(25,31)32/h6-12,15H,1-5H2,(H,27,29)(H2,25,31,32)/b20-19-,26-23-. The van der Waals surface area contributed by atoms with Crippen molar-refractivity contribution < 1.29 is 18.0 Å². The number of sulfonamides is 1. The number of fused-ring (bicyclic) bond motifs is 1. The zero-order chi connectivity index (χ0) is 24.0. The Morgan fingerprint density at radius 1 is 1.06 bits per heavy atom. The number of amidine groups is 1. The van der Waals surface area contributed by atoms with Crippen LogP contribution in [0.1, 0.15) is 37.7 Å². The lowest BCUT2D eigenvalue weighted by atomic mass is 9.94. The van der Waals surface area contributed by atoms with Crippen molar-refractivity contribution >= 4 is 67.3 Å². The molecule has 11 heteroatoms. The van der Waals surface area contributed by atoms with Crippen LogP contribution in [0.4, 0.5) is 11.4 Å². The molecule has 0 atom stereocenters. The first-order valence-corrected chi connectivity index (χ1v) is 13.5. The Morgan fingerprint density at radius 2 is 1.76 bits per heavy atom. The largest absolute Gasteiger partial charge is 0.321 e. The molecular weight excluding hydrogens is 496 g/mol. The van der Waals surface area contributed by atoms with Crippen molar-refractivity contribution in [2.24, 2.45) is 10.1 Å². The van der Waals surface area contributed by atoms with E-state index in [0.29, 0.717) is 37.6 Å². The second-order valence-corrected chi connectivity index (χ2v) is 11.3. The van der Waals surface area contributed by atoms with Crippen molar-refractivity contribution in [3.63, 3.8) is 0 Å². The smallest absolute Gasteiger partial charge is 0.267 e. The molecule has 0 spiro atoms. The van der Waals surface area contributed by atoms with E-state index in [-0.39, 0.29) is 22.8 Å². The zero-order valence-corrected chi connectivity index (χ0v) is 20.3. The van der Waals surface area contributed by atoms with Crippen LogP contribution < -0.4 is 10.5 Å². The quantitative estimate of drug-likeness (QED) is 0.590. The van der Waals surface area contributed by atoms with E-state index in [1.54, 1.807) is 35.2 Å². The Balaban J connectivity index is 1.59. The summed E-state index contributed by atoms with van der Waals surface area (Å²) in [6, 6.07) is 10.9. The third kappa shape index (κ3) is 4.26. The summed E-state index contributed by atoms with van der Waals surface area (Å²) in [6.45, 7) is 0. The number of aliphatic imine (C=N–C) groups is 1. The highest BCUT2D eigenvalue weighted by molar-refractivity contribution is 8.18. The highest BCUT2D eigenvalue weighted by Gasteiger charge is 2.43. The van der Waals surface area contributed by atoms with E-state index in [1.807, 2.05) is 0 Å². The third-order valence-corrected chi connectivity index (χ3v) is 8.31. The Bertz CT molecular complexity index is 1360. The predicted molar refractivity (Wildman–Crippen MR) is 133 cm³/mol. The fourth-order valence-corrected chi connectivity index (χ4v) is 6.30. The number of carbonyl (C=O) groups excluding carboxylic acids is 2. The van der Waals surface area contributed by atoms with Crippen molar-refractivity contribution in [1.82, 2.24) is 4.90 Å². The second-order valence-electron chi connectivity index (χ2n) is 8.35. The van der Waals surface area contributed by atoms with Gasteiger partial charge in [-0.3, -0.25) is 14.5 Å². The summed E-state index contributed by atoms with van der Waals surface area (Å²) in [5, 5.41) is 8.92. The highest BCUT2D eigenvalue weighted by atomic mass is 35.5. The number of nitrogens with two attached hydrogens (primary N) is 1. The number of nitrogens with zero attached hydrogens (tertiary/aromatic N) is 2. The third-order valence-electron chi connectivity index (χ3n) is 6.10. The van der Waals surface area contributed by atoms with Gasteiger partial charge >= 0.3 is 0 Å². The number of nitrogens with one attached hydrogen (secondary N) is 1. The monoisotopic (exact) mass is 516 g/mol. The maximum atomic E-state index is 13.7. The van der Waals surface area contributed by atoms with Crippen LogP contribution in [-0.2, 0) is 19.6 Å². The first-order chi connectivity index (χ1) is 16.2. The molecule has 8 nitrogen and oxygen atoms in total. The minimum absolute atomic E-state index is 0.0161. The van der Waals surface area contributed by atoms with Crippen molar-refractivity contribution in [2.45, 2.75) is 43.0 Å². The molecule has 2 heterocycles. The molecule has 2 aromatic rings. The zero-order valence-electron chi connectivity index (χ0n) is 18.0. The molecule has 1 saturated heterocycles. The molecule has 2 fully saturated rings. The van der Waals surface area contributed by atoms with Gasteiger partial charge in [0.05, 0.1) is 21.1 Å². The van der Waals surface area contributed by atoms with Gasteiger partial charge in [0, 0.05) is 22.3 Å². The molecule has 1 saturated carbocycles. The molecule has 34 heavy (non-hydrogen) atoms. The highest BCUT2D eigenvalue weighted by Crippen LogP contribution is 2.45. The summed E-state index contributed by atoms with van der Waals surface area (Å²) in [6.07, 6.45) is 4.86. The second kappa shape index (κ2) is 8.84. The normalized spacial score (nSPS) is 22.4. The van der Waals surface area contributed by atoms with Gasteiger partial charge in [-0.1, -0.05) is 30.9 Å². The molecule has 2 aliphatic heterocycles. The molecular formula is C23H21ClN4O4S2. The maximum Gasteiger partial charge on any atom is 0.267 e. The topological polar surface area (TPSA) is 122 Å². The van der Waals surface area contributed by atoms with Gasteiger partial charge in [-0.2, -0.15) is 0 Å². The Hall–Kier alpha value is -2.66. The van der Waals surface area contributed by atoms with E-state index in [1.165, 1.54) is 12.1 Å². The molecule has 0 unspecified atom stereocenters. The first kappa shape index (κ1) is 23.1. The van der Waals surface area contributed by atoms with Crippen molar-refractivity contribution in [2.75, 3.05) is 5.32 Å². The van der Waals surface area contributed by atoms with E-state index in [0.717, 1.165) is 43.9 Å². The lowest BCUT2D eigenvalue weighted by molar-refractivity contribution is -0.124. The molecule has 0 radical (unpaired) electrons. The van der Waals surface area contributed by atoms with Gasteiger partial charge in [-0.05, 0) is 67.1 Å². The molecule has 2 amide bonds. The van der Waals surface area contributed by atoms with Crippen molar-refractivity contribution in [1.29, 1.82) is 0 Å². The van der Waals surface area contributed by atoms with Crippen LogP contribution in [-0.4, -0.2) is 36.3 Å². The fraction of sp³-hybridized carbons (Fsp3) is 0.261. The van der Waals surface area contributed by atoms with E-state index in [2.05, 4.69) is 10.3 Å². The van der Waals surface area contributed by atoms with Gasteiger partial charge < -0.3 is 5.32 Å². The van der Waals surface area contributed by atoms with Crippen LogP contribution in [0.15, 0.2) is 57.3 Å². The van der Waals surface area contributed by atoms with Crippen molar-refractivity contribution in [3.8, 4) is 0 Å². The summed E-state index contributed by atoms with van der Waals surface area (Å²) in [7, 11) is -3.82. The lowest BCUT2D eigenvalue weighted by Gasteiger charge is -2.30. The average Bonchev–Trinajstić information content (AvgIpc) is 3.28. The van der Waals surface area contributed by atoms with Gasteiger partial charge in [-0.25, -0.2) is 18.5 Å². The minimum Gasteiger partial charge on any atom is -0.321 e. The molecule has 0 aromatic heterocycles. The number of benzene rings is 2. The molecule has 1 aliphatic carbocycles. The van der Waals surface area contributed by atoms with E-state index in [4.69, 9.17) is 16.7 Å². The van der Waals surface area contributed by atoms with Crippen LogP contribution in [0, 0.1) is 0 Å². The van der Waals surface area contributed by atoms with Crippen LogP contribution in [0.5, 0.6) is 0 Å². The SMILES string of the molecule is NS(=O)(=O)c1ccc(/N=C2\S/C(=C3\C(=O)Nc4ccc(Cl)cc43)C(=O)N2C2CCCCC2)cc1. The predicted octanol–water partition coefficient (Wildman–Crippen LogP) is 4.25. The Kier molecular flexibility index (Phi) is 6.01. The molecule has 5 rings (SSSR count). The number of amides is 2. The average molecular weight is 517 g/mol. The summed E-state index contributed by atoms with van der Waals surface area (Å²) in [4.78, 5) is 33.2. The Morgan fingerprint density at radius 3 is 2.44 bits per heavy atom. The number of primary sulfonamides is 1. The van der Waals surface area contributed by atoms with Gasteiger partial charge in [0.1, 0.15) is 0 Å². The number of thioether (sulfide) groups is 1. The number of carbonyl (C=O) groups is 2. The van der Waals surface area contributed by atoms with E-state index in [9.17, 15) is 18.0 Å². The van der Waals surface area contributed by atoms with Crippen LogP contribution >= 0.6 is 23.4 Å². The summed E-state index contributed by atoms with van der Waals surface area (Å²) < 4.78 is 23.1. The van der Waals surface area contributed by atoms with Gasteiger partial charge in [0.25, 0.3) is 11.8 Å². The molecule has 0 bridgehead atoms. The number of halogens is 1. The van der Waals surface area contributed by atoms with Crippen LogP contribution in [0.2, 0.25) is 5.02 Å². The van der Waals surface area contributed by atoms with Crippen LogP contribution in [0.3, 0.4) is 0 Å². The van der Waals surface area contributed by atoms with Crippen molar-refractivity contribution in [3.05, 3.63) is 58.0 Å². The lowest BCUT2D eigenvalue weighted by Crippen LogP contribution is -2.40. The first-order valence-electron chi connectivity index (χ1n) is 10.8.